The minimum Gasteiger partial charge on any atom is -0.481 e. The third kappa shape index (κ3) is 2.80. The molecule has 0 aromatic heterocycles. The average molecular weight is 244 g/mol. The summed E-state index contributed by atoms with van der Waals surface area (Å²) in [4.78, 5) is 12.9. The van der Waals surface area contributed by atoms with Crippen LogP contribution in [0.5, 0.6) is 0 Å². The Morgan fingerprint density at radius 3 is 2.78 bits per heavy atom. The molecular formula is C14H16N2O2. The Bertz CT molecular complexity index is 462. The van der Waals surface area contributed by atoms with Crippen LogP contribution in [0.4, 0.5) is 5.69 Å². The van der Waals surface area contributed by atoms with E-state index in [9.17, 15) is 4.79 Å². The van der Waals surface area contributed by atoms with Gasteiger partial charge in [-0.15, -0.1) is 0 Å². The molecule has 1 aromatic carbocycles. The summed E-state index contributed by atoms with van der Waals surface area (Å²) in [6, 6.07) is 9.91. The van der Waals surface area contributed by atoms with E-state index in [1.54, 1.807) is 0 Å². The van der Waals surface area contributed by atoms with Crippen LogP contribution in [0.15, 0.2) is 24.3 Å². The van der Waals surface area contributed by atoms with Gasteiger partial charge in [0.2, 0.25) is 0 Å². The summed E-state index contributed by atoms with van der Waals surface area (Å²) in [6.45, 7) is 0.968. The molecule has 0 aliphatic carbocycles. The van der Waals surface area contributed by atoms with Gasteiger partial charge >= 0.3 is 5.97 Å². The first kappa shape index (κ1) is 12.4. The van der Waals surface area contributed by atoms with Gasteiger partial charge in [-0.25, -0.2) is 0 Å². The highest BCUT2D eigenvalue weighted by Gasteiger charge is 2.24. The maximum absolute atomic E-state index is 10.6. The maximum atomic E-state index is 10.6. The van der Waals surface area contributed by atoms with Crippen LogP contribution in [0.25, 0.3) is 0 Å². The van der Waals surface area contributed by atoms with Crippen molar-refractivity contribution in [2.75, 3.05) is 11.4 Å². The smallest absolute Gasteiger partial charge is 0.303 e. The van der Waals surface area contributed by atoms with Gasteiger partial charge in [-0.2, -0.15) is 5.26 Å². The second-order valence-corrected chi connectivity index (χ2v) is 4.58. The fourth-order valence-corrected chi connectivity index (χ4v) is 2.49. The van der Waals surface area contributed by atoms with E-state index in [1.165, 1.54) is 0 Å². The number of carboxylic acids is 1. The Morgan fingerprint density at radius 1 is 1.44 bits per heavy atom. The van der Waals surface area contributed by atoms with Crippen LogP contribution in [-0.2, 0) is 4.79 Å². The van der Waals surface area contributed by atoms with Crippen molar-refractivity contribution >= 4 is 11.7 Å². The average Bonchev–Trinajstić information content (AvgIpc) is 2.85. The lowest BCUT2D eigenvalue weighted by atomic mass is 10.1. The monoisotopic (exact) mass is 244 g/mol. The van der Waals surface area contributed by atoms with E-state index in [-0.39, 0.29) is 6.42 Å². The van der Waals surface area contributed by atoms with Gasteiger partial charge < -0.3 is 10.0 Å². The third-order valence-electron chi connectivity index (χ3n) is 3.40. The lowest BCUT2D eigenvalue weighted by Gasteiger charge is -2.26. The van der Waals surface area contributed by atoms with Gasteiger partial charge in [0.05, 0.1) is 11.6 Å². The Morgan fingerprint density at radius 2 is 2.17 bits per heavy atom. The zero-order valence-electron chi connectivity index (χ0n) is 10.2. The van der Waals surface area contributed by atoms with E-state index < -0.39 is 5.97 Å². The molecule has 2 rings (SSSR count). The summed E-state index contributed by atoms with van der Waals surface area (Å²) in [7, 11) is 0. The predicted octanol–water partition coefficient (Wildman–Crippen LogP) is 2.39. The molecule has 18 heavy (non-hydrogen) atoms. The van der Waals surface area contributed by atoms with Gasteiger partial charge in [0.25, 0.3) is 0 Å². The highest BCUT2D eigenvalue weighted by atomic mass is 16.4. The third-order valence-corrected chi connectivity index (χ3v) is 3.40. The van der Waals surface area contributed by atoms with Crippen LogP contribution in [0, 0.1) is 11.3 Å². The molecule has 0 radical (unpaired) electrons. The van der Waals surface area contributed by atoms with E-state index in [1.807, 2.05) is 24.3 Å². The zero-order valence-corrected chi connectivity index (χ0v) is 10.2. The Labute approximate surface area is 106 Å². The normalized spacial score (nSPS) is 18.6. The van der Waals surface area contributed by atoms with Crippen molar-refractivity contribution in [3.8, 4) is 6.07 Å². The Kier molecular flexibility index (Phi) is 3.83. The van der Waals surface area contributed by atoms with Crippen LogP contribution in [0.2, 0.25) is 0 Å². The molecule has 0 spiro atoms. The molecular weight excluding hydrogens is 228 g/mol. The largest absolute Gasteiger partial charge is 0.481 e. The Balaban J connectivity index is 2.06. The molecule has 1 aliphatic rings. The van der Waals surface area contributed by atoms with E-state index in [4.69, 9.17) is 10.4 Å². The van der Waals surface area contributed by atoms with Crippen LogP contribution in [-0.4, -0.2) is 23.7 Å². The molecule has 1 aromatic rings. The quantitative estimate of drug-likeness (QED) is 0.883. The standard InChI is InChI=1S/C14H16N2O2/c15-10-11-3-5-13(6-4-11)16-9-1-2-12(16)7-8-14(17)18/h3-6,12H,1-2,7-9H2,(H,17,18). The topological polar surface area (TPSA) is 64.3 Å². The molecule has 1 N–H and O–H groups in total. The summed E-state index contributed by atoms with van der Waals surface area (Å²) in [5.74, 6) is -0.735. The number of nitriles is 1. The van der Waals surface area contributed by atoms with E-state index >= 15 is 0 Å². The number of anilines is 1. The van der Waals surface area contributed by atoms with Gasteiger partial charge in [-0.3, -0.25) is 4.79 Å². The molecule has 4 nitrogen and oxygen atoms in total. The predicted molar refractivity (Wildman–Crippen MR) is 68.4 cm³/mol. The minimum atomic E-state index is -0.735. The molecule has 1 fully saturated rings. The number of benzene rings is 1. The van der Waals surface area contributed by atoms with Crippen molar-refractivity contribution in [1.29, 1.82) is 5.26 Å². The van der Waals surface area contributed by atoms with E-state index in [0.717, 1.165) is 25.1 Å². The number of hydrogen-bond acceptors (Lipinski definition) is 3. The second kappa shape index (κ2) is 5.54. The molecule has 1 atom stereocenters. The summed E-state index contributed by atoms with van der Waals surface area (Å²) in [5.41, 5.74) is 1.74. The summed E-state index contributed by atoms with van der Waals surface area (Å²) < 4.78 is 0. The Hall–Kier alpha value is -2.02. The van der Waals surface area contributed by atoms with Gasteiger partial charge in [0, 0.05) is 24.7 Å². The van der Waals surface area contributed by atoms with Crippen molar-refractivity contribution in [3.05, 3.63) is 29.8 Å². The van der Waals surface area contributed by atoms with E-state index in [2.05, 4.69) is 11.0 Å². The molecule has 0 saturated carbocycles. The van der Waals surface area contributed by atoms with Crippen molar-refractivity contribution in [2.45, 2.75) is 31.7 Å². The van der Waals surface area contributed by atoms with Crippen molar-refractivity contribution in [1.82, 2.24) is 0 Å². The van der Waals surface area contributed by atoms with Crippen LogP contribution >= 0.6 is 0 Å². The fourth-order valence-electron chi connectivity index (χ4n) is 2.49. The van der Waals surface area contributed by atoms with Crippen molar-refractivity contribution < 1.29 is 9.90 Å². The first-order valence-electron chi connectivity index (χ1n) is 6.19. The molecule has 94 valence electrons. The maximum Gasteiger partial charge on any atom is 0.303 e. The van der Waals surface area contributed by atoms with Crippen LogP contribution in [0.3, 0.4) is 0 Å². The number of nitrogens with zero attached hydrogens (tertiary/aromatic N) is 2. The highest BCUT2D eigenvalue weighted by molar-refractivity contribution is 5.66. The first-order chi connectivity index (χ1) is 8.70. The molecule has 1 heterocycles. The zero-order chi connectivity index (χ0) is 13.0. The number of carboxylic acid groups (broad SMARTS) is 1. The lowest BCUT2D eigenvalue weighted by Crippen LogP contribution is -2.29. The van der Waals surface area contributed by atoms with Gasteiger partial charge in [0.1, 0.15) is 0 Å². The second-order valence-electron chi connectivity index (χ2n) is 4.58. The first-order valence-corrected chi connectivity index (χ1v) is 6.19. The molecule has 1 saturated heterocycles. The summed E-state index contributed by atoms with van der Waals surface area (Å²) in [5, 5.41) is 17.5. The van der Waals surface area contributed by atoms with Gasteiger partial charge in [0.15, 0.2) is 0 Å². The molecule has 0 bridgehead atoms. The number of aliphatic carboxylic acids is 1. The van der Waals surface area contributed by atoms with Gasteiger partial charge in [-0.1, -0.05) is 0 Å². The van der Waals surface area contributed by atoms with Gasteiger partial charge in [-0.05, 0) is 43.5 Å². The van der Waals surface area contributed by atoms with Crippen LogP contribution < -0.4 is 4.90 Å². The molecule has 0 amide bonds. The SMILES string of the molecule is N#Cc1ccc(N2CCCC2CCC(=O)O)cc1. The summed E-state index contributed by atoms with van der Waals surface area (Å²) >= 11 is 0. The van der Waals surface area contributed by atoms with Crippen LogP contribution in [0.1, 0.15) is 31.2 Å². The molecule has 1 unspecified atom stereocenters. The van der Waals surface area contributed by atoms with Crippen molar-refractivity contribution in [2.24, 2.45) is 0 Å². The number of hydrogen-bond donors (Lipinski definition) is 1. The minimum absolute atomic E-state index is 0.220. The van der Waals surface area contributed by atoms with Crippen molar-refractivity contribution in [3.63, 3.8) is 0 Å². The fraction of sp³-hybridized carbons (Fsp3) is 0.429. The van der Waals surface area contributed by atoms with E-state index in [0.29, 0.717) is 18.0 Å². The number of rotatable bonds is 4. The molecule has 1 aliphatic heterocycles. The molecule has 4 heteroatoms. The lowest BCUT2D eigenvalue weighted by molar-refractivity contribution is -0.137. The number of carbonyl (C=O) groups is 1. The highest BCUT2D eigenvalue weighted by Crippen LogP contribution is 2.28. The summed E-state index contributed by atoms with van der Waals surface area (Å²) in [6.07, 6.45) is 3.06.